The Morgan fingerprint density at radius 3 is 2.80 bits per heavy atom. The summed E-state index contributed by atoms with van der Waals surface area (Å²) in [6.45, 7) is 0. The van der Waals surface area contributed by atoms with E-state index in [2.05, 4.69) is 5.32 Å². The number of nitrogens with one attached hydrogen (secondary N) is 1. The Morgan fingerprint density at radius 1 is 1.50 bits per heavy atom. The van der Waals surface area contributed by atoms with Crippen molar-refractivity contribution in [2.45, 2.75) is 25.3 Å². The smallest absolute Gasteiger partial charge is 0.306 e. The first-order chi connectivity index (χ1) is 9.51. The van der Waals surface area contributed by atoms with Gasteiger partial charge < -0.3 is 10.4 Å². The van der Waals surface area contributed by atoms with Gasteiger partial charge in [-0.1, -0.05) is 0 Å². The minimum atomic E-state index is -0.796. The molecule has 1 aromatic rings. The summed E-state index contributed by atoms with van der Waals surface area (Å²) in [5.74, 6) is -1.14. The Hall–Kier alpha value is -2.62. The molecule has 0 spiro atoms. The molecule has 20 heavy (non-hydrogen) atoms. The van der Waals surface area contributed by atoms with Crippen LogP contribution in [0, 0.1) is 27.4 Å². The summed E-state index contributed by atoms with van der Waals surface area (Å²) in [7, 11) is 0. The average Bonchev–Trinajstić information content (AvgIpc) is 2.87. The molecule has 0 aromatic heterocycles. The fourth-order valence-electron chi connectivity index (χ4n) is 2.45. The van der Waals surface area contributed by atoms with E-state index < -0.39 is 10.9 Å². The molecule has 0 heterocycles. The van der Waals surface area contributed by atoms with Crippen LogP contribution in [0.15, 0.2) is 18.2 Å². The first kappa shape index (κ1) is 13.8. The second kappa shape index (κ2) is 5.57. The lowest BCUT2D eigenvalue weighted by Crippen LogP contribution is -2.17. The van der Waals surface area contributed by atoms with Crippen LogP contribution < -0.4 is 5.32 Å². The number of aliphatic carboxylic acids is 1. The van der Waals surface area contributed by atoms with Gasteiger partial charge in [0.05, 0.1) is 10.8 Å². The molecule has 1 aliphatic rings. The fourth-order valence-corrected chi connectivity index (χ4v) is 2.45. The number of hydrogen-bond donors (Lipinski definition) is 2. The SMILES string of the molecule is N#Cc1cc(N[C@H]2CC[C@@H](C(=O)O)C2)ccc1[N+](=O)[O-]. The normalized spacial score (nSPS) is 21.1. The maximum atomic E-state index is 10.9. The van der Waals surface area contributed by atoms with E-state index >= 15 is 0 Å². The Kier molecular flexibility index (Phi) is 3.84. The van der Waals surface area contributed by atoms with Gasteiger partial charge in [0.25, 0.3) is 5.69 Å². The van der Waals surface area contributed by atoms with Crippen molar-refractivity contribution >= 4 is 17.3 Å². The highest BCUT2D eigenvalue weighted by atomic mass is 16.6. The van der Waals surface area contributed by atoms with E-state index in [1.807, 2.05) is 0 Å². The molecule has 0 radical (unpaired) electrons. The predicted molar refractivity (Wildman–Crippen MR) is 70.2 cm³/mol. The summed E-state index contributed by atoms with van der Waals surface area (Å²) >= 11 is 0. The van der Waals surface area contributed by atoms with Gasteiger partial charge in [0.2, 0.25) is 0 Å². The minimum absolute atomic E-state index is 0.00668. The maximum Gasteiger partial charge on any atom is 0.306 e. The van der Waals surface area contributed by atoms with Crippen LogP contribution in [0.1, 0.15) is 24.8 Å². The molecule has 2 rings (SSSR count). The van der Waals surface area contributed by atoms with Gasteiger partial charge in [0, 0.05) is 17.8 Å². The molecule has 1 aromatic carbocycles. The number of carboxylic acid groups (broad SMARTS) is 1. The molecule has 0 unspecified atom stereocenters. The van der Waals surface area contributed by atoms with Crippen molar-refractivity contribution in [3.05, 3.63) is 33.9 Å². The molecule has 2 atom stereocenters. The van der Waals surface area contributed by atoms with Crippen molar-refractivity contribution in [2.75, 3.05) is 5.32 Å². The van der Waals surface area contributed by atoms with E-state index in [-0.39, 0.29) is 23.2 Å². The first-order valence-corrected chi connectivity index (χ1v) is 6.19. The third-order valence-electron chi connectivity index (χ3n) is 3.47. The number of hydrogen-bond acceptors (Lipinski definition) is 5. The minimum Gasteiger partial charge on any atom is -0.481 e. The van der Waals surface area contributed by atoms with Gasteiger partial charge in [-0.2, -0.15) is 5.26 Å². The van der Waals surface area contributed by atoms with Crippen molar-refractivity contribution in [1.29, 1.82) is 5.26 Å². The zero-order valence-corrected chi connectivity index (χ0v) is 10.6. The van der Waals surface area contributed by atoms with Crippen molar-refractivity contribution in [3.8, 4) is 6.07 Å². The quantitative estimate of drug-likeness (QED) is 0.642. The molecule has 7 nitrogen and oxygen atoms in total. The number of nitro benzene ring substituents is 1. The van der Waals surface area contributed by atoms with Crippen LogP contribution in [0.2, 0.25) is 0 Å². The van der Waals surface area contributed by atoms with Gasteiger partial charge in [0.1, 0.15) is 11.6 Å². The molecule has 0 bridgehead atoms. The van der Waals surface area contributed by atoms with E-state index in [9.17, 15) is 14.9 Å². The number of nitriles is 1. The molecule has 0 saturated heterocycles. The average molecular weight is 275 g/mol. The number of carbonyl (C=O) groups is 1. The zero-order chi connectivity index (χ0) is 14.7. The van der Waals surface area contributed by atoms with Gasteiger partial charge in [-0.25, -0.2) is 0 Å². The summed E-state index contributed by atoms with van der Waals surface area (Å²) in [6.07, 6.45) is 1.87. The van der Waals surface area contributed by atoms with Gasteiger partial charge >= 0.3 is 5.97 Å². The number of anilines is 1. The topological polar surface area (TPSA) is 116 Å². The van der Waals surface area contributed by atoms with Crippen LogP contribution in [0.4, 0.5) is 11.4 Å². The van der Waals surface area contributed by atoms with Crippen LogP contribution in [0.25, 0.3) is 0 Å². The van der Waals surface area contributed by atoms with Crippen molar-refractivity contribution in [3.63, 3.8) is 0 Å². The third kappa shape index (κ3) is 2.85. The van der Waals surface area contributed by atoms with E-state index in [1.54, 1.807) is 6.07 Å². The van der Waals surface area contributed by atoms with Crippen LogP contribution in [0.3, 0.4) is 0 Å². The molecular weight excluding hydrogens is 262 g/mol. The molecule has 2 N–H and O–H groups in total. The Morgan fingerprint density at radius 2 is 2.25 bits per heavy atom. The van der Waals surface area contributed by atoms with E-state index in [1.165, 1.54) is 18.2 Å². The van der Waals surface area contributed by atoms with Crippen molar-refractivity contribution in [2.24, 2.45) is 5.92 Å². The molecule has 104 valence electrons. The highest BCUT2D eigenvalue weighted by molar-refractivity contribution is 5.70. The largest absolute Gasteiger partial charge is 0.481 e. The van der Waals surface area contributed by atoms with Crippen LogP contribution in [-0.4, -0.2) is 22.0 Å². The third-order valence-corrected chi connectivity index (χ3v) is 3.47. The summed E-state index contributed by atoms with van der Waals surface area (Å²) in [5, 5.41) is 31.7. The van der Waals surface area contributed by atoms with Gasteiger partial charge in [-0.3, -0.25) is 14.9 Å². The highest BCUT2D eigenvalue weighted by Crippen LogP contribution is 2.29. The summed E-state index contributed by atoms with van der Waals surface area (Å²) in [4.78, 5) is 21.0. The summed E-state index contributed by atoms with van der Waals surface area (Å²) in [6, 6.07) is 6.05. The van der Waals surface area contributed by atoms with Crippen LogP contribution in [0.5, 0.6) is 0 Å². The maximum absolute atomic E-state index is 10.9. The zero-order valence-electron chi connectivity index (χ0n) is 10.6. The standard InChI is InChI=1S/C13H13N3O4/c14-7-9-6-11(3-4-12(9)16(19)20)15-10-2-1-8(5-10)13(17)18/h3-4,6,8,10,15H,1-2,5H2,(H,17,18)/t8-,10+/m1/s1. The number of carboxylic acids is 1. The van der Waals surface area contributed by atoms with Crippen molar-refractivity contribution < 1.29 is 14.8 Å². The Bertz CT molecular complexity index is 594. The summed E-state index contributed by atoms with van der Waals surface area (Å²) in [5.41, 5.74) is 0.365. The van der Waals surface area contributed by atoms with E-state index in [0.29, 0.717) is 18.5 Å². The molecule has 1 saturated carbocycles. The van der Waals surface area contributed by atoms with Gasteiger partial charge in [0.15, 0.2) is 0 Å². The molecule has 0 aliphatic heterocycles. The number of benzene rings is 1. The lowest BCUT2D eigenvalue weighted by Gasteiger charge is -2.14. The van der Waals surface area contributed by atoms with Crippen LogP contribution >= 0.6 is 0 Å². The van der Waals surface area contributed by atoms with Gasteiger partial charge in [-0.15, -0.1) is 0 Å². The Labute approximate surface area is 115 Å². The molecule has 0 amide bonds. The molecule has 1 aliphatic carbocycles. The monoisotopic (exact) mass is 275 g/mol. The van der Waals surface area contributed by atoms with Crippen molar-refractivity contribution in [1.82, 2.24) is 0 Å². The second-order valence-corrected chi connectivity index (χ2v) is 4.79. The number of nitrogens with zero attached hydrogens (tertiary/aromatic N) is 2. The highest BCUT2D eigenvalue weighted by Gasteiger charge is 2.29. The van der Waals surface area contributed by atoms with Gasteiger partial charge in [-0.05, 0) is 31.4 Å². The first-order valence-electron chi connectivity index (χ1n) is 6.19. The van der Waals surface area contributed by atoms with Crippen LogP contribution in [-0.2, 0) is 4.79 Å². The number of rotatable bonds is 4. The summed E-state index contributed by atoms with van der Waals surface area (Å²) < 4.78 is 0. The fraction of sp³-hybridized carbons (Fsp3) is 0.385. The predicted octanol–water partition coefficient (Wildman–Crippen LogP) is 2.13. The lowest BCUT2D eigenvalue weighted by molar-refractivity contribution is -0.385. The lowest BCUT2D eigenvalue weighted by atomic mass is 10.1. The van der Waals surface area contributed by atoms with E-state index in [0.717, 1.165) is 6.42 Å². The molecule has 7 heteroatoms. The molecular formula is C13H13N3O4. The van der Waals surface area contributed by atoms with E-state index in [4.69, 9.17) is 10.4 Å². The Balaban J connectivity index is 2.10. The number of nitro groups is 1. The second-order valence-electron chi connectivity index (χ2n) is 4.79. The molecule has 1 fully saturated rings.